The summed E-state index contributed by atoms with van der Waals surface area (Å²) in [6, 6.07) is 10.3. The molecule has 654 valence electrons. The molecule has 5 N–H and O–H groups in total. The van der Waals surface area contributed by atoms with Crippen LogP contribution in [0.5, 0.6) is 0 Å². The minimum absolute atomic E-state index is 0. The van der Waals surface area contributed by atoms with Crippen molar-refractivity contribution >= 4 is 366 Å². The van der Waals surface area contributed by atoms with Crippen molar-refractivity contribution in [1.29, 1.82) is 5.26 Å². The SMILES string of the molecule is C.C.C.C.C/C=N/O.CC(C)(C)OC(=O)CBr.CC(C)(C)OC(=O)Cn1nc(C#N)c2cc(Cl)ncc21.CC(C)(C)OC(=O)Cn1nc(C(N)=O)c2cc(Cl)ncc21.CC(C)(C)OC(=O)Cn1nc(I)c2cc(Cl)ncc21.Clc1cc2c(I)[nH]nc2cn1.Clc1cc2cn[nH]c2cn1.S.S=S.S=S=S.S=S=S=S.S=S=S=S=S.[2H]CF.[2H]CF. The summed E-state index contributed by atoms with van der Waals surface area (Å²) in [5.41, 5.74) is 7.06. The molecule has 10 aromatic rings. The molecule has 0 bridgehead atoms. The van der Waals surface area contributed by atoms with Crippen molar-refractivity contribution in [2.75, 3.05) is 19.6 Å². The standard InChI is InChI=1S/C13H15ClN4O3.C13H13ClN4O2.C12H13ClIN3O2.C6H11BrO2.C6H3ClIN3.C6H4ClN3.C2H5NO.2CH3F.4CH4.S5.S4.S3.S2.H2S/c1-13(2,3)21-10(19)6-18-8-5-16-9(14)4-7(8)11(17-18)12(15)20;1-13(2,3)20-12(19)7-18-10-6-16-11(14)4-8(10)9(5-15)17-18;1-12(2,3)19-10(18)6-17-8-5-15-9(13)4-7(8)11(14)16-17;1-6(2,3)9-5(8)4-7;7-5-1-3-4(2-9-5)10-11-6(3)8;7-6-1-4-2-9-10-5(4)3-8-6;1-2-3-4;2*1-2;;;;;1-3-5-4-2;1-3-4-2;1-3-2;1-2;/h4-5H,6H2,1-3H3,(H2,15,20);4,6H,7H2,1-3H3;4-5H,6H2,1-3H3;4H2,1-3H3;1-2H,(H,10,11);1-3H,(H,9,10);2,4H,1H3;2*1H3;4*1H4;;;;;1H2/b;;;;;;3-2+;;;;;;;;;;;/i;;;;;;;2*1D;;;;;;;;;. The summed E-state index contributed by atoms with van der Waals surface area (Å²) in [6.45, 7) is 23.1. The van der Waals surface area contributed by atoms with Gasteiger partial charge in [0.25, 0.3) is 5.91 Å². The highest BCUT2D eigenvalue weighted by molar-refractivity contribution is 14.1. The Balaban J connectivity index is -0.000000198. The summed E-state index contributed by atoms with van der Waals surface area (Å²) in [6.07, 6.45) is 10.8. The van der Waals surface area contributed by atoms with E-state index >= 15 is 0 Å². The summed E-state index contributed by atoms with van der Waals surface area (Å²) in [4.78, 5) is 77.1. The number of H-pyrrole nitrogens is 2. The highest BCUT2D eigenvalue weighted by Gasteiger charge is 2.24. The molecule has 10 aromatic heterocycles. The zero-order valence-corrected chi connectivity index (χ0v) is 83.2. The number of oxime groups is 1. The number of ether oxygens (including phenoxy) is 4. The van der Waals surface area contributed by atoms with Gasteiger partial charge >= 0.3 is 23.9 Å². The predicted molar refractivity (Wildman–Crippen MR) is 532 cm³/mol. The number of halogens is 10. The number of hydrogen-bond acceptors (Lipinski definition) is 30. The number of nitrogens with two attached hydrogens (primary N) is 1. The average Bonchev–Trinajstić information content (AvgIpc) is 1.65. The Hall–Kier alpha value is -3.91. The predicted octanol–water partition coefficient (Wildman–Crippen LogP) is 16.7. The molecule has 0 saturated heterocycles. The first-order valence-electron chi connectivity index (χ1n) is 30.9. The van der Waals surface area contributed by atoms with Crippen molar-refractivity contribution in [3.05, 3.63) is 112 Å². The largest absolute Gasteiger partial charge is 0.459 e. The number of nitriles is 1. The topological polar surface area (TPSA) is 380 Å². The van der Waals surface area contributed by atoms with E-state index in [1.807, 2.05) is 47.6 Å². The van der Waals surface area contributed by atoms with Crippen LogP contribution >= 0.6 is 133 Å². The molecule has 10 heterocycles. The lowest BCUT2D eigenvalue weighted by atomic mass is 10.2. The van der Waals surface area contributed by atoms with Gasteiger partial charge in [0.2, 0.25) is 0 Å². The number of fused-ring (bicyclic) bond motifs is 5. The number of nitrogens with one attached hydrogen (secondary N) is 2. The summed E-state index contributed by atoms with van der Waals surface area (Å²) in [5, 5.41) is 51.0. The third-order valence-corrected chi connectivity index (χ3v) is 20.4. The number of aromatic amines is 2. The van der Waals surface area contributed by atoms with Gasteiger partial charge in [-0.05, 0) is 166 Å². The molecule has 0 atom stereocenters. The summed E-state index contributed by atoms with van der Waals surface area (Å²) < 4.78 is 57.7. The smallest absolute Gasteiger partial charge is 0.328 e. The van der Waals surface area contributed by atoms with Crippen LogP contribution in [0.3, 0.4) is 0 Å². The van der Waals surface area contributed by atoms with E-state index in [0.717, 1.165) is 49.0 Å². The molecular formula is C64H88BrCl5F2I2N18O10S15. The van der Waals surface area contributed by atoms with Gasteiger partial charge in [-0.1, -0.05) is 104 Å². The van der Waals surface area contributed by atoms with Crippen LogP contribution in [0.1, 0.15) is 139 Å². The number of rotatable bonds is 8. The number of carbonyl (C=O) groups is 5. The third kappa shape index (κ3) is 55.8. The Bertz CT molecular complexity index is 5070. The summed E-state index contributed by atoms with van der Waals surface area (Å²) in [5.74, 6) is -2.16. The van der Waals surface area contributed by atoms with Crippen molar-refractivity contribution in [1.82, 2.24) is 74.7 Å². The van der Waals surface area contributed by atoms with Crippen LogP contribution in [0, 0.1) is 18.7 Å². The molecule has 28 nitrogen and oxygen atoms in total. The fraction of sp³-hybridized carbons (Fsp3) is 0.422. The number of carbonyl (C=O) groups excluding carboxylic acids is 5. The first-order valence-corrected chi connectivity index (χ1v) is 48.0. The molecule has 0 aliphatic carbocycles. The fourth-order valence-corrected chi connectivity index (χ4v) is 12.2. The van der Waals surface area contributed by atoms with Gasteiger partial charge < -0.3 is 29.9 Å². The average molecular weight is 2300 g/mol. The van der Waals surface area contributed by atoms with E-state index in [2.05, 4.69) is 216 Å². The summed E-state index contributed by atoms with van der Waals surface area (Å²) >= 11 is 69.2. The lowest BCUT2D eigenvalue weighted by Crippen LogP contribution is -2.27. The second kappa shape index (κ2) is 69.5. The van der Waals surface area contributed by atoms with Gasteiger partial charge in [-0.3, -0.25) is 57.0 Å². The lowest BCUT2D eigenvalue weighted by molar-refractivity contribution is -0.156. The van der Waals surface area contributed by atoms with Gasteiger partial charge in [-0.2, -0.15) is 44.3 Å². The molecule has 0 aliphatic heterocycles. The van der Waals surface area contributed by atoms with Crippen LogP contribution in [0.4, 0.5) is 8.78 Å². The van der Waals surface area contributed by atoms with Crippen LogP contribution in [0.15, 0.2) is 72.7 Å². The van der Waals surface area contributed by atoms with Crippen molar-refractivity contribution in [3.63, 3.8) is 0 Å². The number of pyridine rings is 5. The van der Waals surface area contributed by atoms with E-state index in [1.54, 1.807) is 102 Å². The first-order chi connectivity index (χ1) is 53.3. The molecule has 0 aromatic carbocycles. The third-order valence-electron chi connectivity index (χ3n) is 10.6. The van der Waals surface area contributed by atoms with E-state index in [0.29, 0.717) is 37.3 Å². The van der Waals surface area contributed by atoms with Gasteiger partial charge in [0.05, 0.1) is 76.3 Å². The maximum absolute atomic E-state index is 11.9. The van der Waals surface area contributed by atoms with Gasteiger partial charge in [-0.25, -0.2) is 24.9 Å². The van der Waals surface area contributed by atoms with E-state index in [9.17, 15) is 32.8 Å². The van der Waals surface area contributed by atoms with Gasteiger partial charge in [-0.15, -0.1) is 5.16 Å². The lowest BCUT2D eigenvalue weighted by Gasteiger charge is -2.19. The van der Waals surface area contributed by atoms with E-state index in [1.165, 1.54) is 78.4 Å². The van der Waals surface area contributed by atoms with Crippen LogP contribution in [-0.4, -0.2) is 158 Å². The second-order valence-corrected chi connectivity index (χ2v) is 38.5. The summed E-state index contributed by atoms with van der Waals surface area (Å²) in [7, 11) is 5.21. The molecule has 0 saturated carbocycles. The Morgan fingerprint density at radius 3 is 1.30 bits per heavy atom. The normalized spacial score (nSPS) is 9.90. The molecule has 0 radical (unpaired) electrons. The highest BCUT2D eigenvalue weighted by Crippen LogP contribution is 2.26. The molecule has 0 unspecified atom stereocenters. The Kier molecular flexibility index (Phi) is 73.6. The van der Waals surface area contributed by atoms with E-state index < -0.39 is 49.0 Å². The van der Waals surface area contributed by atoms with Gasteiger partial charge in [0.1, 0.15) is 92.1 Å². The van der Waals surface area contributed by atoms with E-state index in [-0.39, 0.29) is 107 Å². The monoisotopic (exact) mass is 2300 g/mol. The maximum Gasteiger partial charge on any atom is 0.328 e. The van der Waals surface area contributed by atoms with Crippen LogP contribution < -0.4 is 5.73 Å². The van der Waals surface area contributed by atoms with Crippen molar-refractivity contribution in [3.8, 4) is 6.07 Å². The van der Waals surface area contributed by atoms with Gasteiger partial charge in [0, 0.05) is 176 Å². The van der Waals surface area contributed by atoms with Crippen LogP contribution in [0.25, 0.3) is 54.5 Å². The molecule has 0 spiro atoms. The van der Waals surface area contributed by atoms with Crippen molar-refractivity contribution < 1.29 is 59.6 Å². The molecular weight excluding hydrogens is 2210 g/mol. The second-order valence-electron chi connectivity index (χ2n) is 23.3. The quantitative estimate of drug-likeness (QED) is 0.0160. The number of alkyl halides is 3. The number of aromatic nitrogens is 15. The minimum Gasteiger partial charge on any atom is -0.459 e. The number of hydrogen-bond donors (Lipinski definition) is 4. The number of esters is 4. The zero-order valence-electron chi connectivity index (χ0n) is 63.1. The van der Waals surface area contributed by atoms with Crippen molar-refractivity contribution in [2.45, 2.75) is 162 Å². The molecule has 0 fully saturated rings. The Morgan fingerprint density at radius 1 is 0.598 bits per heavy atom. The molecule has 53 heteroatoms. The first kappa shape index (κ1) is 124. The molecule has 10 rings (SSSR count). The van der Waals surface area contributed by atoms with Crippen LogP contribution in [-0.2, 0) is 201 Å². The Labute approximate surface area is 806 Å². The van der Waals surface area contributed by atoms with Crippen molar-refractivity contribution in [2.24, 2.45) is 10.9 Å². The van der Waals surface area contributed by atoms with Gasteiger partial charge in [0.15, 0.2) is 11.4 Å². The van der Waals surface area contributed by atoms with Crippen LogP contribution in [0.2, 0.25) is 25.8 Å². The number of primary amides is 1. The Morgan fingerprint density at radius 2 is 0.940 bits per heavy atom. The highest BCUT2D eigenvalue weighted by atomic mass is 127. The zero-order chi connectivity index (χ0) is 88.3. The molecule has 1 amide bonds. The number of amides is 1. The molecule has 117 heavy (non-hydrogen) atoms. The van der Waals surface area contributed by atoms with E-state index in [4.69, 9.17) is 95.9 Å². The number of nitrogens with zero attached hydrogens (tertiary/aromatic N) is 15. The molecule has 0 aliphatic rings. The fourth-order valence-electron chi connectivity index (χ4n) is 7.27. The minimum atomic E-state index is -1.00. The maximum atomic E-state index is 11.9.